The van der Waals surface area contributed by atoms with Gasteiger partial charge in [0, 0.05) is 19.5 Å². The van der Waals surface area contributed by atoms with Gasteiger partial charge in [0.25, 0.3) is 0 Å². The highest BCUT2D eigenvalue weighted by atomic mass is 32.2. The summed E-state index contributed by atoms with van der Waals surface area (Å²) in [4.78, 5) is 13.5. The number of unbranched alkanes of at least 4 members (excludes halogenated alkanes) is 1. The van der Waals surface area contributed by atoms with Crippen molar-refractivity contribution in [1.29, 1.82) is 5.26 Å². The zero-order chi connectivity index (χ0) is 13.4. The van der Waals surface area contributed by atoms with Crippen molar-refractivity contribution in [2.75, 3.05) is 24.6 Å². The molecule has 1 heterocycles. The van der Waals surface area contributed by atoms with E-state index in [0.29, 0.717) is 19.5 Å². The Morgan fingerprint density at radius 3 is 2.33 bits per heavy atom. The minimum atomic E-state index is -3.36. The molecule has 1 saturated heterocycles. The number of hydrogen-bond donors (Lipinski definition) is 0. The van der Waals surface area contributed by atoms with Gasteiger partial charge in [-0.1, -0.05) is 12.8 Å². The van der Waals surface area contributed by atoms with E-state index in [0.717, 1.165) is 25.7 Å². The highest BCUT2D eigenvalue weighted by Gasteiger charge is 2.22. The van der Waals surface area contributed by atoms with Crippen LogP contribution in [-0.2, 0) is 14.6 Å². The lowest BCUT2D eigenvalue weighted by molar-refractivity contribution is -0.128. The third-order valence-corrected chi connectivity index (χ3v) is 4.64. The van der Waals surface area contributed by atoms with Crippen LogP contribution in [0.25, 0.3) is 0 Å². The number of likely N-dealkylation sites (tertiary alicyclic amines) is 1. The SMILES string of the molecule is N#CCCCS(=O)(=O)CC(=O)N1CCCCCC1. The predicted molar refractivity (Wildman–Crippen MR) is 68.5 cm³/mol. The van der Waals surface area contributed by atoms with E-state index in [-0.39, 0.29) is 18.1 Å². The van der Waals surface area contributed by atoms with Gasteiger partial charge in [-0.05, 0) is 19.3 Å². The summed E-state index contributed by atoms with van der Waals surface area (Å²) in [5.74, 6) is -0.757. The molecule has 0 N–H and O–H groups in total. The minimum Gasteiger partial charge on any atom is -0.342 e. The highest BCUT2D eigenvalue weighted by Crippen LogP contribution is 2.10. The number of sulfone groups is 1. The Labute approximate surface area is 109 Å². The topological polar surface area (TPSA) is 78.2 Å². The summed E-state index contributed by atoms with van der Waals surface area (Å²) < 4.78 is 23.4. The molecule has 0 spiro atoms. The van der Waals surface area contributed by atoms with Crippen LogP contribution in [0.3, 0.4) is 0 Å². The first-order valence-electron chi connectivity index (χ1n) is 6.40. The molecule has 6 heteroatoms. The number of amides is 1. The molecule has 0 saturated carbocycles. The summed E-state index contributed by atoms with van der Waals surface area (Å²) in [5.41, 5.74) is 0. The van der Waals surface area contributed by atoms with Crippen LogP contribution in [-0.4, -0.2) is 43.8 Å². The molecule has 0 unspecified atom stereocenters. The van der Waals surface area contributed by atoms with Crippen molar-refractivity contribution in [3.05, 3.63) is 0 Å². The van der Waals surface area contributed by atoms with Gasteiger partial charge in [-0.3, -0.25) is 4.79 Å². The van der Waals surface area contributed by atoms with Gasteiger partial charge < -0.3 is 4.90 Å². The van der Waals surface area contributed by atoms with E-state index in [1.54, 1.807) is 4.90 Å². The molecule has 5 nitrogen and oxygen atoms in total. The number of nitriles is 1. The first-order valence-corrected chi connectivity index (χ1v) is 8.22. The second kappa shape index (κ2) is 7.37. The number of carbonyl (C=O) groups excluding carboxylic acids is 1. The van der Waals surface area contributed by atoms with E-state index in [1.807, 2.05) is 6.07 Å². The van der Waals surface area contributed by atoms with Crippen LogP contribution in [0.4, 0.5) is 0 Å². The Morgan fingerprint density at radius 2 is 1.78 bits per heavy atom. The molecule has 102 valence electrons. The maximum atomic E-state index is 11.9. The van der Waals surface area contributed by atoms with Gasteiger partial charge in [0.2, 0.25) is 5.91 Å². The van der Waals surface area contributed by atoms with Crippen molar-refractivity contribution in [2.45, 2.75) is 38.5 Å². The standard InChI is InChI=1S/C12H20N2O3S/c13-7-3-6-10-18(16,17)11-12(15)14-8-4-1-2-5-9-14/h1-6,8-11H2. The third-order valence-electron chi connectivity index (χ3n) is 3.05. The number of rotatable bonds is 5. The zero-order valence-electron chi connectivity index (χ0n) is 10.6. The normalized spacial score (nSPS) is 16.9. The smallest absolute Gasteiger partial charge is 0.237 e. The zero-order valence-corrected chi connectivity index (χ0v) is 11.4. The molecule has 0 radical (unpaired) electrons. The first-order chi connectivity index (χ1) is 8.55. The quantitative estimate of drug-likeness (QED) is 0.702. The summed E-state index contributed by atoms with van der Waals surface area (Å²) in [7, 11) is -3.36. The lowest BCUT2D eigenvalue weighted by atomic mass is 10.2. The average molecular weight is 272 g/mol. The molecule has 0 atom stereocenters. The molecule has 1 aliphatic rings. The molecule has 1 aliphatic heterocycles. The third kappa shape index (κ3) is 5.50. The maximum absolute atomic E-state index is 11.9. The first kappa shape index (κ1) is 15.0. The molecule has 18 heavy (non-hydrogen) atoms. The number of nitrogens with zero attached hydrogens (tertiary/aromatic N) is 2. The monoisotopic (exact) mass is 272 g/mol. The summed E-state index contributed by atoms with van der Waals surface area (Å²) in [5, 5.41) is 8.36. The molecule has 1 fully saturated rings. The Balaban J connectivity index is 2.44. The molecular weight excluding hydrogens is 252 g/mol. The molecule has 0 aromatic carbocycles. The van der Waals surface area contributed by atoms with Gasteiger partial charge in [0.15, 0.2) is 9.84 Å². The van der Waals surface area contributed by atoms with E-state index >= 15 is 0 Å². The molecule has 1 rings (SSSR count). The second-order valence-electron chi connectivity index (χ2n) is 4.65. The maximum Gasteiger partial charge on any atom is 0.237 e. The molecule has 0 aromatic rings. The minimum absolute atomic E-state index is 0.0693. The summed E-state index contributed by atoms with van der Waals surface area (Å²) in [6.07, 6.45) is 4.67. The van der Waals surface area contributed by atoms with Crippen LogP contribution in [0.5, 0.6) is 0 Å². The molecule has 0 aliphatic carbocycles. The van der Waals surface area contributed by atoms with Crippen LogP contribution in [0.1, 0.15) is 38.5 Å². The molecule has 0 bridgehead atoms. The fourth-order valence-corrected chi connectivity index (χ4v) is 3.33. The van der Waals surface area contributed by atoms with E-state index in [9.17, 15) is 13.2 Å². The number of hydrogen-bond acceptors (Lipinski definition) is 4. The molecule has 1 amide bonds. The van der Waals surface area contributed by atoms with Crippen LogP contribution in [0, 0.1) is 11.3 Å². The van der Waals surface area contributed by atoms with Crippen molar-refractivity contribution < 1.29 is 13.2 Å². The van der Waals surface area contributed by atoms with E-state index in [4.69, 9.17) is 5.26 Å². The average Bonchev–Trinajstić information content (AvgIpc) is 2.57. The fraction of sp³-hybridized carbons (Fsp3) is 0.833. The number of carbonyl (C=O) groups is 1. The van der Waals surface area contributed by atoms with Crippen molar-refractivity contribution in [1.82, 2.24) is 4.90 Å². The Hall–Kier alpha value is -1.09. The van der Waals surface area contributed by atoms with Gasteiger partial charge in [-0.15, -0.1) is 0 Å². The van der Waals surface area contributed by atoms with E-state index < -0.39 is 15.6 Å². The Kier molecular flexibility index (Phi) is 6.13. The van der Waals surface area contributed by atoms with Crippen LogP contribution in [0.2, 0.25) is 0 Å². The van der Waals surface area contributed by atoms with Crippen molar-refractivity contribution in [2.24, 2.45) is 0 Å². The van der Waals surface area contributed by atoms with Crippen LogP contribution < -0.4 is 0 Å². The van der Waals surface area contributed by atoms with E-state index in [1.165, 1.54) is 0 Å². The summed E-state index contributed by atoms with van der Waals surface area (Å²) in [6.45, 7) is 1.35. The second-order valence-corrected chi connectivity index (χ2v) is 6.83. The fourth-order valence-electron chi connectivity index (χ4n) is 2.04. The van der Waals surface area contributed by atoms with E-state index in [2.05, 4.69) is 0 Å². The Bertz CT molecular complexity index is 404. The Morgan fingerprint density at radius 1 is 1.17 bits per heavy atom. The highest BCUT2D eigenvalue weighted by molar-refractivity contribution is 7.92. The van der Waals surface area contributed by atoms with Crippen LogP contribution in [0.15, 0.2) is 0 Å². The largest absolute Gasteiger partial charge is 0.342 e. The van der Waals surface area contributed by atoms with Crippen molar-refractivity contribution in [3.63, 3.8) is 0 Å². The van der Waals surface area contributed by atoms with Crippen molar-refractivity contribution >= 4 is 15.7 Å². The molecular formula is C12H20N2O3S. The lowest BCUT2D eigenvalue weighted by Crippen LogP contribution is -2.37. The predicted octanol–water partition coefficient (Wildman–Crippen LogP) is 1.11. The molecule has 0 aromatic heterocycles. The van der Waals surface area contributed by atoms with Gasteiger partial charge in [-0.2, -0.15) is 5.26 Å². The van der Waals surface area contributed by atoms with Crippen molar-refractivity contribution in [3.8, 4) is 6.07 Å². The van der Waals surface area contributed by atoms with Gasteiger partial charge in [0.05, 0.1) is 11.8 Å². The summed E-state index contributed by atoms with van der Waals surface area (Å²) in [6, 6.07) is 1.91. The summed E-state index contributed by atoms with van der Waals surface area (Å²) >= 11 is 0. The lowest BCUT2D eigenvalue weighted by Gasteiger charge is -2.20. The van der Waals surface area contributed by atoms with Gasteiger partial charge in [0.1, 0.15) is 5.75 Å². The van der Waals surface area contributed by atoms with Gasteiger partial charge >= 0.3 is 0 Å². The van der Waals surface area contributed by atoms with Gasteiger partial charge in [-0.25, -0.2) is 8.42 Å². The van der Waals surface area contributed by atoms with Crippen LogP contribution >= 0.6 is 0 Å².